The van der Waals surface area contributed by atoms with Crippen molar-refractivity contribution in [3.63, 3.8) is 0 Å². The Kier molecular flexibility index (Phi) is 4.20. The van der Waals surface area contributed by atoms with Crippen molar-refractivity contribution in [3.8, 4) is 0 Å². The van der Waals surface area contributed by atoms with Gasteiger partial charge in [0.1, 0.15) is 0 Å². The van der Waals surface area contributed by atoms with E-state index in [1.165, 1.54) is 19.3 Å². The van der Waals surface area contributed by atoms with Gasteiger partial charge in [0.05, 0.1) is 6.10 Å². The predicted octanol–water partition coefficient (Wildman–Crippen LogP) is 1.78. The molecule has 2 N–H and O–H groups in total. The summed E-state index contributed by atoms with van der Waals surface area (Å²) >= 11 is 0. The van der Waals surface area contributed by atoms with E-state index in [9.17, 15) is 0 Å². The first-order chi connectivity index (χ1) is 6.08. The normalized spacial score (nSPS) is 37.4. The van der Waals surface area contributed by atoms with Crippen molar-refractivity contribution in [2.45, 2.75) is 52.2 Å². The second-order valence-electron chi connectivity index (χ2n) is 4.87. The Labute approximate surface area is 81.7 Å². The summed E-state index contributed by atoms with van der Waals surface area (Å²) in [5.41, 5.74) is 0. The molecule has 0 spiro atoms. The fourth-order valence-corrected chi connectivity index (χ4v) is 2.45. The molecule has 1 saturated carbocycles. The Morgan fingerprint density at radius 1 is 1.23 bits per heavy atom. The summed E-state index contributed by atoms with van der Waals surface area (Å²) in [4.78, 5) is 0. The van der Waals surface area contributed by atoms with Crippen molar-refractivity contribution >= 4 is 0 Å². The molecule has 2 nitrogen and oxygen atoms in total. The molecule has 0 amide bonds. The average molecular weight is 185 g/mol. The van der Waals surface area contributed by atoms with Gasteiger partial charge in [0.2, 0.25) is 0 Å². The van der Waals surface area contributed by atoms with Crippen LogP contribution in [0.15, 0.2) is 0 Å². The maximum absolute atomic E-state index is 9.15. The Hall–Kier alpha value is -0.0800. The maximum Gasteiger partial charge on any atom is 0.0636 e. The number of aliphatic hydroxyl groups excluding tert-OH is 1. The van der Waals surface area contributed by atoms with Gasteiger partial charge < -0.3 is 10.4 Å². The summed E-state index contributed by atoms with van der Waals surface area (Å²) in [5, 5.41) is 12.6. The van der Waals surface area contributed by atoms with Crippen LogP contribution >= 0.6 is 0 Å². The number of aliphatic hydroxyl groups is 1. The minimum atomic E-state index is -0.215. The molecule has 0 aromatic carbocycles. The van der Waals surface area contributed by atoms with Crippen LogP contribution in [0.4, 0.5) is 0 Å². The summed E-state index contributed by atoms with van der Waals surface area (Å²) in [7, 11) is 0. The van der Waals surface area contributed by atoms with Crippen LogP contribution in [-0.2, 0) is 0 Å². The Morgan fingerprint density at radius 3 is 2.23 bits per heavy atom. The van der Waals surface area contributed by atoms with E-state index in [4.69, 9.17) is 5.11 Å². The van der Waals surface area contributed by atoms with E-state index < -0.39 is 0 Å². The summed E-state index contributed by atoms with van der Waals surface area (Å²) in [5.74, 6) is 1.69. The van der Waals surface area contributed by atoms with E-state index in [0.29, 0.717) is 6.04 Å². The van der Waals surface area contributed by atoms with Crippen molar-refractivity contribution < 1.29 is 5.11 Å². The molecule has 0 saturated heterocycles. The monoisotopic (exact) mass is 185 g/mol. The second-order valence-corrected chi connectivity index (χ2v) is 4.87. The number of hydrogen-bond donors (Lipinski definition) is 2. The summed E-state index contributed by atoms with van der Waals surface area (Å²) < 4.78 is 0. The van der Waals surface area contributed by atoms with Crippen molar-refractivity contribution in [2.75, 3.05) is 6.54 Å². The molecule has 78 valence electrons. The zero-order chi connectivity index (χ0) is 9.84. The van der Waals surface area contributed by atoms with Crippen LogP contribution < -0.4 is 5.32 Å². The average Bonchev–Trinajstić information content (AvgIpc) is 1.99. The third-order valence-electron chi connectivity index (χ3n) is 2.88. The molecule has 0 bridgehead atoms. The van der Waals surface area contributed by atoms with Crippen LogP contribution in [0.5, 0.6) is 0 Å². The minimum absolute atomic E-state index is 0.215. The molecule has 0 aromatic heterocycles. The number of nitrogens with one attached hydrogen (secondary N) is 1. The fraction of sp³-hybridized carbons (Fsp3) is 1.00. The fourth-order valence-electron chi connectivity index (χ4n) is 2.45. The zero-order valence-electron chi connectivity index (χ0n) is 9.09. The number of hydrogen-bond acceptors (Lipinski definition) is 2. The topological polar surface area (TPSA) is 32.3 Å². The van der Waals surface area contributed by atoms with Gasteiger partial charge in [-0.15, -0.1) is 0 Å². The highest BCUT2D eigenvalue weighted by molar-refractivity contribution is 4.79. The van der Waals surface area contributed by atoms with Gasteiger partial charge in [-0.3, -0.25) is 0 Å². The van der Waals surface area contributed by atoms with Gasteiger partial charge in [-0.25, -0.2) is 0 Å². The molecular formula is C11H23NO. The predicted molar refractivity (Wildman–Crippen MR) is 55.7 cm³/mol. The molecule has 1 fully saturated rings. The minimum Gasteiger partial charge on any atom is -0.392 e. The molecule has 1 aliphatic rings. The standard InChI is InChI=1S/C11H23NO/c1-8-4-9(2)6-11(5-8)12-7-10(3)13/h8-13H,4-7H2,1-3H3/t8-,9+,10-,11?/m1/s1. The van der Waals surface area contributed by atoms with Crippen molar-refractivity contribution in [1.82, 2.24) is 5.32 Å². The molecule has 1 unspecified atom stereocenters. The molecule has 0 aromatic rings. The lowest BCUT2D eigenvalue weighted by atomic mass is 9.80. The summed E-state index contributed by atoms with van der Waals surface area (Å²) in [6.07, 6.45) is 3.70. The molecule has 0 heterocycles. The van der Waals surface area contributed by atoms with Gasteiger partial charge in [-0.2, -0.15) is 0 Å². The van der Waals surface area contributed by atoms with E-state index >= 15 is 0 Å². The van der Waals surface area contributed by atoms with Crippen LogP contribution in [0.3, 0.4) is 0 Å². The summed E-state index contributed by atoms with van der Waals surface area (Å²) in [6.45, 7) is 7.23. The van der Waals surface area contributed by atoms with Crippen molar-refractivity contribution in [3.05, 3.63) is 0 Å². The SMILES string of the molecule is C[C@@H]1CC(NC[C@@H](C)O)C[C@H](C)C1. The maximum atomic E-state index is 9.15. The summed E-state index contributed by atoms with van der Waals surface area (Å²) in [6, 6.07) is 0.633. The van der Waals surface area contributed by atoms with E-state index in [2.05, 4.69) is 19.2 Å². The molecule has 1 aliphatic carbocycles. The quantitative estimate of drug-likeness (QED) is 0.702. The van der Waals surface area contributed by atoms with Gasteiger partial charge in [0.25, 0.3) is 0 Å². The lowest BCUT2D eigenvalue weighted by Gasteiger charge is -2.32. The lowest BCUT2D eigenvalue weighted by Crippen LogP contribution is -2.39. The van der Waals surface area contributed by atoms with Crippen molar-refractivity contribution in [1.29, 1.82) is 0 Å². The Morgan fingerprint density at radius 2 is 1.77 bits per heavy atom. The molecule has 1 rings (SSSR count). The first-order valence-corrected chi connectivity index (χ1v) is 5.49. The third kappa shape index (κ3) is 4.10. The highest BCUT2D eigenvalue weighted by atomic mass is 16.3. The highest BCUT2D eigenvalue weighted by Gasteiger charge is 2.23. The van der Waals surface area contributed by atoms with Crippen LogP contribution in [-0.4, -0.2) is 23.8 Å². The molecule has 13 heavy (non-hydrogen) atoms. The van der Waals surface area contributed by atoms with Crippen LogP contribution in [0.1, 0.15) is 40.0 Å². The van der Waals surface area contributed by atoms with Crippen LogP contribution in [0, 0.1) is 11.8 Å². The van der Waals surface area contributed by atoms with E-state index in [-0.39, 0.29) is 6.10 Å². The van der Waals surface area contributed by atoms with Gasteiger partial charge in [-0.1, -0.05) is 13.8 Å². The molecule has 4 atom stereocenters. The zero-order valence-corrected chi connectivity index (χ0v) is 9.09. The van der Waals surface area contributed by atoms with Gasteiger partial charge in [0.15, 0.2) is 0 Å². The van der Waals surface area contributed by atoms with Gasteiger partial charge >= 0.3 is 0 Å². The Balaban J connectivity index is 2.25. The van der Waals surface area contributed by atoms with Gasteiger partial charge in [0, 0.05) is 12.6 Å². The molecule has 2 heteroatoms. The molecule has 0 aliphatic heterocycles. The highest BCUT2D eigenvalue weighted by Crippen LogP contribution is 2.28. The van der Waals surface area contributed by atoms with Crippen molar-refractivity contribution in [2.24, 2.45) is 11.8 Å². The second kappa shape index (κ2) is 4.97. The smallest absolute Gasteiger partial charge is 0.0636 e. The van der Waals surface area contributed by atoms with E-state index in [1.54, 1.807) is 0 Å². The molecule has 0 radical (unpaired) electrons. The first kappa shape index (κ1) is 11.0. The largest absolute Gasteiger partial charge is 0.392 e. The first-order valence-electron chi connectivity index (χ1n) is 5.49. The van der Waals surface area contributed by atoms with E-state index in [1.807, 2.05) is 6.92 Å². The van der Waals surface area contributed by atoms with Crippen LogP contribution in [0.25, 0.3) is 0 Å². The third-order valence-corrected chi connectivity index (χ3v) is 2.88. The van der Waals surface area contributed by atoms with Crippen LogP contribution in [0.2, 0.25) is 0 Å². The van der Waals surface area contributed by atoms with E-state index in [0.717, 1.165) is 18.4 Å². The number of rotatable bonds is 3. The molecular weight excluding hydrogens is 162 g/mol. The van der Waals surface area contributed by atoms with Gasteiger partial charge in [-0.05, 0) is 38.0 Å². The lowest BCUT2D eigenvalue weighted by molar-refractivity contribution is 0.168. The Bertz CT molecular complexity index is 137.